The maximum atomic E-state index is 13.4. The van der Waals surface area contributed by atoms with Gasteiger partial charge in [0.1, 0.15) is 30.8 Å². The number of ether oxygens (including phenoxy) is 1. The van der Waals surface area contributed by atoms with Crippen LogP contribution in [0.15, 0.2) is 30.3 Å². The molecule has 1 aromatic carbocycles. The van der Waals surface area contributed by atoms with Crippen LogP contribution >= 0.6 is 21.6 Å². The molecule has 0 aliphatic rings. The molecule has 0 unspecified atom stereocenters. The quantitative estimate of drug-likeness (QED) is 0.0366. The van der Waals surface area contributed by atoms with Crippen LogP contribution < -0.4 is 37.6 Å². The zero-order valence-corrected chi connectivity index (χ0v) is 33.9. The highest BCUT2D eigenvalue weighted by molar-refractivity contribution is 8.76. The van der Waals surface area contributed by atoms with Gasteiger partial charge in [-0.3, -0.25) is 28.8 Å². The summed E-state index contributed by atoms with van der Waals surface area (Å²) >= 11 is 0. The largest absolute Gasteiger partial charge is 0.481 e. The predicted molar refractivity (Wildman–Crippen MR) is 212 cm³/mol. The number of nitrogens with one attached hydrogen (secondary N) is 6. The molecule has 0 radical (unpaired) electrons. The molecule has 0 saturated heterocycles. The minimum Gasteiger partial charge on any atom is -0.481 e. The summed E-state index contributed by atoms with van der Waals surface area (Å²) in [4.78, 5) is 120. The Morgan fingerprint density at radius 3 is 1.75 bits per heavy atom. The van der Waals surface area contributed by atoms with E-state index in [-0.39, 0.29) is 31.9 Å². The van der Waals surface area contributed by atoms with Crippen molar-refractivity contribution in [2.45, 2.75) is 101 Å². The molecule has 1 rings (SSSR count). The van der Waals surface area contributed by atoms with Gasteiger partial charge >= 0.3 is 36.0 Å². The summed E-state index contributed by atoms with van der Waals surface area (Å²) in [6.07, 6.45) is -3.82. The molecule has 0 fully saturated rings. The third-order valence-electron chi connectivity index (χ3n) is 7.87. The van der Waals surface area contributed by atoms with E-state index in [0.717, 1.165) is 0 Å². The second-order valence-electron chi connectivity index (χ2n) is 13.0. The first-order chi connectivity index (χ1) is 27.8. The summed E-state index contributed by atoms with van der Waals surface area (Å²) in [7, 11) is 2.80. The van der Waals surface area contributed by atoms with Gasteiger partial charge in [0.15, 0.2) is 0 Å². The van der Waals surface area contributed by atoms with Crippen LogP contribution in [0.2, 0.25) is 0 Å². The lowest BCUT2D eigenvalue weighted by atomic mass is 10.0. The standard InChI is InChI=1S/C35H51N7O15S2/c1-19(37-26(43)12-9-22(32(51)52)41-35(56)42-23(33(53)54)10-13-28(45)46)8-11-27(44)39-25(17-29(47)48)31(50)40-24(16-21-6-4-3-5-7-21)30(49)38-20(2)18-59-58-15-14-57-34(36)55/h3-7,19-20,22-25H,8-18H2,1-2H3,(H2,36,55)(H,37,43)(H,38,49)(H,39,44)(H,40,50)(H,45,46)(H,47,48)(H,51,52)(H,53,54)(H2,41,42,56)/t19-,20+,22+,23+,24-,25+/m1/s1. The number of benzene rings is 1. The Labute approximate surface area is 346 Å². The van der Waals surface area contributed by atoms with Crippen LogP contribution in [0.25, 0.3) is 0 Å². The molecule has 22 nitrogen and oxygen atoms in total. The number of carboxylic acid groups (broad SMARTS) is 4. The molecular formula is C35H51N7O15S2. The highest BCUT2D eigenvalue weighted by Crippen LogP contribution is 2.21. The fraction of sp³-hybridized carbons (Fsp3) is 0.543. The fourth-order valence-corrected chi connectivity index (χ4v) is 7.05. The van der Waals surface area contributed by atoms with Crippen LogP contribution in [0.3, 0.4) is 0 Å². The van der Waals surface area contributed by atoms with Gasteiger partial charge in [0, 0.05) is 49.3 Å². The average molecular weight is 874 g/mol. The van der Waals surface area contributed by atoms with E-state index in [1.54, 1.807) is 37.3 Å². The Bertz CT molecular complexity index is 1620. The van der Waals surface area contributed by atoms with E-state index in [2.05, 4.69) is 26.0 Å². The Morgan fingerprint density at radius 1 is 0.627 bits per heavy atom. The van der Waals surface area contributed by atoms with Gasteiger partial charge in [-0.15, -0.1) is 0 Å². The molecule has 328 valence electrons. The Balaban J connectivity index is 2.77. The lowest BCUT2D eigenvalue weighted by Gasteiger charge is -2.24. The highest BCUT2D eigenvalue weighted by Gasteiger charge is 2.30. The van der Waals surface area contributed by atoms with E-state index in [9.17, 15) is 63.3 Å². The van der Waals surface area contributed by atoms with E-state index in [4.69, 9.17) is 10.8 Å². The molecule has 12 N–H and O–H groups in total. The molecule has 1 aromatic rings. The average Bonchev–Trinajstić information content (AvgIpc) is 3.14. The maximum absolute atomic E-state index is 13.4. The molecule has 0 aliphatic carbocycles. The molecule has 24 heteroatoms. The number of carboxylic acids is 4. The van der Waals surface area contributed by atoms with Gasteiger partial charge in [-0.1, -0.05) is 51.9 Å². The lowest BCUT2D eigenvalue weighted by Crippen LogP contribution is -2.56. The highest BCUT2D eigenvalue weighted by atomic mass is 33.1. The van der Waals surface area contributed by atoms with Crippen molar-refractivity contribution < 1.29 is 73.1 Å². The van der Waals surface area contributed by atoms with Crippen LogP contribution in [0, 0.1) is 0 Å². The van der Waals surface area contributed by atoms with E-state index < -0.39 is 122 Å². The van der Waals surface area contributed by atoms with Crippen molar-refractivity contribution in [3.63, 3.8) is 0 Å². The topological polar surface area (TPSA) is 359 Å². The van der Waals surface area contributed by atoms with Crippen LogP contribution in [-0.2, 0) is 49.5 Å². The van der Waals surface area contributed by atoms with Crippen LogP contribution in [0.5, 0.6) is 0 Å². The molecule has 59 heavy (non-hydrogen) atoms. The number of carbonyl (C=O) groups is 10. The second-order valence-corrected chi connectivity index (χ2v) is 15.7. The van der Waals surface area contributed by atoms with Crippen LogP contribution in [-0.4, -0.2) is 134 Å². The van der Waals surface area contributed by atoms with Crippen molar-refractivity contribution in [1.82, 2.24) is 31.9 Å². The summed E-state index contributed by atoms with van der Waals surface area (Å²) in [6, 6.07) is 0.483. The van der Waals surface area contributed by atoms with Crippen molar-refractivity contribution in [1.29, 1.82) is 0 Å². The first-order valence-corrected chi connectivity index (χ1v) is 20.6. The van der Waals surface area contributed by atoms with Crippen LogP contribution in [0.1, 0.15) is 64.4 Å². The maximum Gasteiger partial charge on any atom is 0.404 e. The zero-order valence-electron chi connectivity index (χ0n) is 32.3. The monoisotopic (exact) mass is 873 g/mol. The number of hydrogen-bond donors (Lipinski definition) is 11. The summed E-state index contributed by atoms with van der Waals surface area (Å²) in [5.41, 5.74) is 5.62. The summed E-state index contributed by atoms with van der Waals surface area (Å²) in [5, 5.41) is 51.2. The number of aliphatic carboxylic acids is 4. The Morgan fingerprint density at radius 2 is 1.19 bits per heavy atom. The minimum atomic E-state index is -1.62. The third-order valence-corrected chi connectivity index (χ3v) is 10.4. The Kier molecular flexibility index (Phi) is 24.1. The molecule has 0 aliphatic heterocycles. The molecular weight excluding hydrogens is 823 g/mol. The van der Waals surface area contributed by atoms with Crippen molar-refractivity contribution >= 4 is 81.2 Å². The molecule has 0 spiro atoms. The summed E-state index contributed by atoms with van der Waals surface area (Å²) in [5.74, 6) is -7.78. The SMILES string of the molecule is C[C@H](CCC(=O)N[C@@H](CC(=O)O)C(=O)N[C@H](Cc1ccccc1)C(=O)N[C@@H](C)CSSCCOC(N)=O)NC(=O)CC[C@H](NC(=O)N[C@@H](CCC(=O)O)C(=O)O)C(=O)O. The number of hydrogen-bond acceptors (Lipinski definition) is 13. The minimum absolute atomic E-state index is 0.000308. The number of primary amides is 1. The molecule has 6 atom stereocenters. The van der Waals surface area contributed by atoms with E-state index in [1.165, 1.54) is 28.5 Å². The van der Waals surface area contributed by atoms with Gasteiger partial charge in [0.05, 0.1) is 6.42 Å². The van der Waals surface area contributed by atoms with E-state index >= 15 is 0 Å². The number of nitrogens with two attached hydrogens (primary N) is 1. The number of carbonyl (C=O) groups excluding carboxylic acids is 6. The van der Waals surface area contributed by atoms with Gasteiger partial charge in [-0.05, 0) is 38.7 Å². The van der Waals surface area contributed by atoms with Gasteiger partial charge in [0.25, 0.3) is 0 Å². The Hall–Kier alpha value is -5.78. The lowest BCUT2D eigenvalue weighted by molar-refractivity contribution is -0.142. The van der Waals surface area contributed by atoms with Crippen LogP contribution in [0.4, 0.5) is 9.59 Å². The van der Waals surface area contributed by atoms with Gasteiger partial charge in [-0.25, -0.2) is 19.2 Å². The normalized spacial score (nSPS) is 13.7. The van der Waals surface area contributed by atoms with Crippen molar-refractivity contribution in [3.8, 4) is 0 Å². The predicted octanol–water partition coefficient (Wildman–Crippen LogP) is -0.210. The molecule has 0 bridgehead atoms. The van der Waals surface area contributed by atoms with Gasteiger partial charge in [0.2, 0.25) is 23.6 Å². The third kappa shape index (κ3) is 23.9. The van der Waals surface area contributed by atoms with Gasteiger partial charge in [-0.2, -0.15) is 0 Å². The molecule has 0 heterocycles. The summed E-state index contributed by atoms with van der Waals surface area (Å²) < 4.78 is 4.66. The van der Waals surface area contributed by atoms with Crippen molar-refractivity contribution in [2.24, 2.45) is 5.73 Å². The second kappa shape index (κ2) is 27.8. The van der Waals surface area contributed by atoms with E-state index in [0.29, 0.717) is 17.1 Å². The van der Waals surface area contributed by atoms with E-state index in [1.807, 2.05) is 10.6 Å². The summed E-state index contributed by atoms with van der Waals surface area (Å²) in [6.45, 7) is 3.38. The molecule has 0 saturated carbocycles. The number of rotatable bonds is 29. The van der Waals surface area contributed by atoms with Crippen molar-refractivity contribution in [2.75, 3.05) is 18.1 Å². The number of urea groups is 1. The zero-order chi connectivity index (χ0) is 44.5. The molecule has 7 amide bonds. The first kappa shape index (κ1) is 51.2. The molecule has 0 aromatic heterocycles. The van der Waals surface area contributed by atoms with Crippen molar-refractivity contribution in [3.05, 3.63) is 35.9 Å². The fourth-order valence-electron chi connectivity index (χ4n) is 4.94. The first-order valence-electron chi connectivity index (χ1n) is 18.1. The number of amides is 7. The van der Waals surface area contributed by atoms with Gasteiger partial charge < -0.3 is 62.8 Å². The smallest absolute Gasteiger partial charge is 0.404 e.